The van der Waals surface area contributed by atoms with Gasteiger partial charge in [0.25, 0.3) is 0 Å². The van der Waals surface area contributed by atoms with Gasteiger partial charge >= 0.3 is 0 Å². The average molecular weight is 363 g/mol. The molecule has 0 radical (unpaired) electrons. The molecule has 0 atom stereocenters. The Morgan fingerprint density at radius 3 is 2.73 bits per heavy atom. The van der Waals surface area contributed by atoms with Crippen molar-refractivity contribution in [1.82, 2.24) is 25.2 Å². The van der Waals surface area contributed by atoms with Crippen LogP contribution < -0.4 is 0 Å². The molecule has 0 bridgehead atoms. The molecule has 0 saturated carbocycles. The highest BCUT2D eigenvalue weighted by Gasteiger charge is 2.16. The Balaban J connectivity index is 1.46. The number of fused-ring (bicyclic) bond motifs is 1. The number of aromatic nitrogens is 5. The van der Waals surface area contributed by atoms with Crippen molar-refractivity contribution in [2.45, 2.75) is 12.7 Å². The van der Waals surface area contributed by atoms with E-state index in [1.54, 1.807) is 4.68 Å². The molecule has 2 aromatic carbocycles. The lowest BCUT2D eigenvalue weighted by atomic mass is 10.1. The van der Waals surface area contributed by atoms with Gasteiger partial charge in [0, 0.05) is 22.2 Å². The molecule has 6 nitrogen and oxygen atoms in total. The molecule has 0 aliphatic carbocycles. The molecule has 2 aromatic heterocycles. The third-order valence-electron chi connectivity index (χ3n) is 4.17. The van der Waals surface area contributed by atoms with E-state index in [-0.39, 0.29) is 5.78 Å². The number of tetrazole rings is 1. The van der Waals surface area contributed by atoms with Crippen LogP contribution in [-0.2, 0) is 5.75 Å². The first-order valence-electron chi connectivity index (χ1n) is 8.25. The maximum atomic E-state index is 12.7. The quantitative estimate of drug-likeness (QED) is 0.530. The molecule has 130 valence electrons. The number of ketones is 1. The normalized spacial score (nSPS) is 11.1. The highest BCUT2D eigenvalue weighted by molar-refractivity contribution is 7.99. The Bertz CT molecular complexity index is 1050. The number of aryl methyl sites for hydroxylation is 1. The Morgan fingerprint density at radius 1 is 1.12 bits per heavy atom. The van der Waals surface area contributed by atoms with E-state index in [4.69, 9.17) is 0 Å². The minimum Gasteiger partial charge on any atom is -0.358 e. The lowest BCUT2D eigenvalue weighted by Gasteiger charge is -2.04. The van der Waals surface area contributed by atoms with Gasteiger partial charge in [0.1, 0.15) is 0 Å². The van der Waals surface area contributed by atoms with Crippen molar-refractivity contribution in [3.63, 3.8) is 0 Å². The van der Waals surface area contributed by atoms with E-state index in [1.807, 2.05) is 61.5 Å². The van der Waals surface area contributed by atoms with Crippen molar-refractivity contribution in [3.8, 4) is 5.69 Å². The first-order chi connectivity index (χ1) is 12.7. The molecule has 7 heteroatoms. The molecule has 0 saturated heterocycles. The van der Waals surface area contributed by atoms with E-state index in [0.717, 1.165) is 33.7 Å². The fourth-order valence-electron chi connectivity index (χ4n) is 3.01. The van der Waals surface area contributed by atoms with Crippen LogP contribution in [0, 0.1) is 6.92 Å². The van der Waals surface area contributed by atoms with Gasteiger partial charge in [0.15, 0.2) is 11.6 Å². The summed E-state index contributed by atoms with van der Waals surface area (Å²) in [5.74, 6) is 1.78. The van der Waals surface area contributed by atoms with Crippen LogP contribution in [0.5, 0.6) is 0 Å². The number of Topliss-reactive ketones (excluding diaryl/α,β-unsaturated/α-hetero) is 1. The molecule has 0 aliphatic rings. The largest absolute Gasteiger partial charge is 0.358 e. The minimum atomic E-state index is 0.115. The second-order valence-corrected chi connectivity index (χ2v) is 6.91. The van der Waals surface area contributed by atoms with E-state index < -0.39 is 0 Å². The molecular formula is C19H17N5OS. The molecule has 2 heterocycles. The maximum absolute atomic E-state index is 12.7. The lowest BCUT2D eigenvalue weighted by Crippen LogP contribution is -2.06. The summed E-state index contributed by atoms with van der Waals surface area (Å²) in [4.78, 5) is 16.0. The summed E-state index contributed by atoms with van der Waals surface area (Å²) in [5.41, 5.74) is 3.58. The number of benzene rings is 2. The first-order valence-corrected chi connectivity index (χ1v) is 9.40. The summed E-state index contributed by atoms with van der Waals surface area (Å²) >= 11 is 1.52. The minimum absolute atomic E-state index is 0.115. The van der Waals surface area contributed by atoms with Gasteiger partial charge in [-0.15, -0.1) is 16.9 Å². The Hall–Kier alpha value is -2.93. The maximum Gasteiger partial charge on any atom is 0.175 e. The number of carbonyl (C=O) groups is 1. The Labute approximate surface area is 154 Å². The van der Waals surface area contributed by atoms with Crippen LogP contribution in [0.25, 0.3) is 16.6 Å². The van der Waals surface area contributed by atoms with Gasteiger partial charge < -0.3 is 4.98 Å². The van der Waals surface area contributed by atoms with Crippen LogP contribution >= 0.6 is 11.8 Å². The number of hydrogen-bond donors (Lipinski definition) is 1. The molecule has 0 fully saturated rings. The number of hydrogen-bond acceptors (Lipinski definition) is 5. The highest BCUT2D eigenvalue weighted by atomic mass is 32.2. The highest BCUT2D eigenvalue weighted by Crippen LogP contribution is 2.24. The molecular weight excluding hydrogens is 346 g/mol. The predicted octanol–water partition coefficient (Wildman–Crippen LogP) is 3.57. The van der Waals surface area contributed by atoms with Gasteiger partial charge in [0.05, 0.1) is 17.2 Å². The SMILES string of the molecule is Cc1[nH]c2ccccc2c1C(=O)CSCc1nnnn1-c1ccccc1. The van der Waals surface area contributed by atoms with Crippen LogP contribution in [-0.4, -0.2) is 36.7 Å². The summed E-state index contributed by atoms with van der Waals surface area (Å²) in [7, 11) is 0. The fraction of sp³-hybridized carbons (Fsp3) is 0.158. The number of nitrogens with one attached hydrogen (secondary N) is 1. The smallest absolute Gasteiger partial charge is 0.175 e. The molecule has 0 unspecified atom stereocenters. The third-order valence-corrected chi connectivity index (χ3v) is 5.10. The van der Waals surface area contributed by atoms with Crippen molar-refractivity contribution in [1.29, 1.82) is 0 Å². The van der Waals surface area contributed by atoms with Gasteiger partial charge in [-0.1, -0.05) is 36.4 Å². The summed E-state index contributed by atoms with van der Waals surface area (Å²) < 4.78 is 1.70. The predicted molar refractivity (Wildman–Crippen MR) is 103 cm³/mol. The van der Waals surface area contributed by atoms with Gasteiger partial charge in [-0.3, -0.25) is 4.79 Å². The lowest BCUT2D eigenvalue weighted by molar-refractivity contribution is 0.102. The molecule has 4 rings (SSSR count). The van der Waals surface area contributed by atoms with Crippen molar-refractivity contribution < 1.29 is 4.79 Å². The number of rotatable bonds is 6. The summed E-state index contributed by atoms with van der Waals surface area (Å²) in [6.07, 6.45) is 0. The molecule has 0 spiro atoms. The van der Waals surface area contributed by atoms with Crippen molar-refractivity contribution in [2.75, 3.05) is 5.75 Å². The molecule has 4 aromatic rings. The van der Waals surface area contributed by atoms with Crippen LogP contribution in [0.15, 0.2) is 54.6 Å². The van der Waals surface area contributed by atoms with Gasteiger partial charge in [-0.05, 0) is 35.5 Å². The summed E-state index contributed by atoms with van der Waals surface area (Å²) in [6, 6.07) is 17.6. The number of thioether (sulfide) groups is 1. The van der Waals surface area contributed by atoms with Gasteiger partial charge in [-0.25, -0.2) is 0 Å². The monoisotopic (exact) mass is 363 g/mol. The molecule has 0 aliphatic heterocycles. The van der Waals surface area contributed by atoms with Crippen molar-refractivity contribution in [3.05, 3.63) is 71.7 Å². The first kappa shape index (κ1) is 16.5. The van der Waals surface area contributed by atoms with E-state index in [1.165, 1.54) is 11.8 Å². The van der Waals surface area contributed by atoms with Gasteiger partial charge in [0.2, 0.25) is 0 Å². The van der Waals surface area contributed by atoms with Gasteiger partial charge in [-0.2, -0.15) is 4.68 Å². The molecule has 0 amide bonds. The summed E-state index contributed by atoms with van der Waals surface area (Å²) in [5, 5.41) is 12.9. The van der Waals surface area contributed by atoms with E-state index in [9.17, 15) is 4.79 Å². The zero-order chi connectivity index (χ0) is 17.9. The van der Waals surface area contributed by atoms with E-state index in [2.05, 4.69) is 20.5 Å². The Morgan fingerprint density at radius 2 is 1.88 bits per heavy atom. The summed E-state index contributed by atoms with van der Waals surface area (Å²) in [6.45, 7) is 1.94. The van der Waals surface area contributed by atoms with E-state index in [0.29, 0.717) is 11.5 Å². The Kier molecular flexibility index (Phi) is 4.53. The number of para-hydroxylation sites is 2. The number of H-pyrrole nitrogens is 1. The number of nitrogens with zero attached hydrogens (tertiary/aromatic N) is 4. The standard InChI is InChI=1S/C19H17N5OS/c1-13-19(15-9-5-6-10-16(15)20-13)17(25)11-26-12-18-21-22-23-24(18)14-7-3-2-4-8-14/h2-10,20H,11-12H2,1H3. The molecule has 1 N–H and O–H groups in total. The van der Waals surface area contributed by atoms with Crippen LogP contribution in [0.1, 0.15) is 21.9 Å². The molecule has 26 heavy (non-hydrogen) atoms. The fourth-order valence-corrected chi connectivity index (χ4v) is 3.80. The van der Waals surface area contributed by atoms with Crippen LogP contribution in [0.3, 0.4) is 0 Å². The second kappa shape index (κ2) is 7.13. The van der Waals surface area contributed by atoms with Crippen molar-refractivity contribution in [2.24, 2.45) is 0 Å². The zero-order valence-electron chi connectivity index (χ0n) is 14.2. The van der Waals surface area contributed by atoms with Crippen molar-refractivity contribution >= 4 is 28.4 Å². The second-order valence-electron chi connectivity index (χ2n) is 5.93. The number of aromatic amines is 1. The number of carbonyl (C=O) groups excluding carboxylic acids is 1. The third kappa shape index (κ3) is 3.13. The topological polar surface area (TPSA) is 76.5 Å². The van der Waals surface area contributed by atoms with E-state index >= 15 is 0 Å². The van der Waals surface area contributed by atoms with Crippen LogP contribution in [0.4, 0.5) is 0 Å². The van der Waals surface area contributed by atoms with Crippen LogP contribution in [0.2, 0.25) is 0 Å². The zero-order valence-corrected chi connectivity index (χ0v) is 15.0. The average Bonchev–Trinajstić information content (AvgIpc) is 3.25.